The third-order valence-corrected chi connectivity index (χ3v) is 3.97. The van der Waals surface area contributed by atoms with Gasteiger partial charge in [-0.25, -0.2) is 9.48 Å². The van der Waals surface area contributed by atoms with Gasteiger partial charge in [0.05, 0.1) is 13.3 Å². The Kier molecular flexibility index (Phi) is 5.88. The number of carbonyl (C=O) groups is 3. The van der Waals surface area contributed by atoms with Gasteiger partial charge < -0.3 is 14.8 Å². The van der Waals surface area contributed by atoms with Crippen LogP contribution in [0.15, 0.2) is 6.20 Å². The lowest BCUT2D eigenvalue weighted by atomic mass is 9.84. The van der Waals surface area contributed by atoms with Gasteiger partial charge in [0.2, 0.25) is 5.91 Å². The smallest absolute Gasteiger partial charge is 0.329 e. The number of carbonyl (C=O) groups excluding carboxylic acids is 3. The Morgan fingerprint density at radius 3 is 2.67 bits per heavy atom. The van der Waals surface area contributed by atoms with Gasteiger partial charge in [0.25, 0.3) is 0 Å². The molecule has 0 saturated heterocycles. The van der Waals surface area contributed by atoms with Crippen molar-refractivity contribution in [2.24, 2.45) is 5.92 Å². The molecule has 2 rings (SSSR count). The van der Waals surface area contributed by atoms with E-state index in [-0.39, 0.29) is 18.4 Å². The Morgan fingerprint density at radius 2 is 2.08 bits per heavy atom. The number of nitrogens with one attached hydrogen (secondary N) is 1. The molecule has 1 aromatic rings. The van der Waals surface area contributed by atoms with Crippen molar-refractivity contribution in [1.82, 2.24) is 20.3 Å². The maximum atomic E-state index is 12.1. The Hall–Kier alpha value is -2.45. The molecule has 132 valence electrons. The van der Waals surface area contributed by atoms with E-state index in [4.69, 9.17) is 4.74 Å². The number of rotatable bonds is 7. The first kappa shape index (κ1) is 17.9. The molecule has 0 unspecified atom stereocenters. The van der Waals surface area contributed by atoms with E-state index in [9.17, 15) is 14.4 Å². The molecule has 1 saturated carbocycles. The summed E-state index contributed by atoms with van der Waals surface area (Å²) in [5.41, 5.74) is 0.407. The van der Waals surface area contributed by atoms with E-state index in [2.05, 4.69) is 20.4 Å². The number of aromatic nitrogens is 3. The number of esters is 2. The minimum atomic E-state index is -0.731. The van der Waals surface area contributed by atoms with E-state index in [1.807, 2.05) is 0 Å². The van der Waals surface area contributed by atoms with E-state index in [1.165, 1.54) is 18.0 Å². The van der Waals surface area contributed by atoms with Crippen molar-refractivity contribution < 1.29 is 23.9 Å². The molecule has 1 amide bonds. The van der Waals surface area contributed by atoms with Gasteiger partial charge in [0.15, 0.2) is 0 Å². The van der Waals surface area contributed by atoms with Crippen molar-refractivity contribution in [3.05, 3.63) is 11.9 Å². The van der Waals surface area contributed by atoms with Gasteiger partial charge in [-0.1, -0.05) is 11.6 Å². The molecule has 1 aliphatic carbocycles. The first-order valence-corrected chi connectivity index (χ1v) is 7.88. The van der Waals surface area contributed by atoms with Crippen molar-refractivity contribution >= 4 is 17.8 Å². The molecule has 1 aliphatic rings. The molecule has 1 heterocycles. The van der Waals surface area contributed by atoms with Crippen molar-refractivity contribution in [2.75, 3.05) is 7.11 Å². The molecule has 1 fully saturated rings. The monoisotopic (exact) mass is 338 g/mol. The van der Waals surface area contributed by atoms with E-state index in [0.717, 1.165) is 19.3 Å². The van der Waals surface area contributed by atoms with Gasteiger partial charge in [-0.05, 0) is 26.7 Å². The minimum absolute atomic E-state index is 0.0101. The average Bonchev–Trinajstić information content (AvgIpc) is 2.93. The summed E-state index contributed by atoms with van der Waals surface area (Å²) >= 11 is 0. The van der Waals surface area contributed by atoms with Gasteiger partial charge in [-0.2, -0.15) is 0 Å². The van der Waals surface area contributed by atoms with E-state index in [1.54, 1.807) is 13.8 Å². The summed E-state index contributed by atoms with van der Waals surface area (Å²) in [7, 11) is 1.28. The normalized spacial score (nSPS) is 16.6. The SMILES string of the molecule is COC(=O)Cn1cc([C@H](C)OC(=O)[C@@H](C)NC(=O)C2CCC2)nn1. The minimum Gasteiger partial charge on any atom is -0.468 e. The predicted octanol–water partition coefficient (Wildman–Crippen LogP) is 0.360. The van der Waals surface area contributed by atoms with Crippen molar-refractivity contribution in [2.45, 2.75) is 51.8 Å². The molecule has 0 aliphatic heterocycles. The standard InChI is InChI=1S/C15H22N4O5/c1-9(16-14(21)11-5-4-6-11)15(22)24-10(2)12-7-19(18-17-12)8-13(20)23-3/h7,9-11H,4-6,8H2,1-3H3,(H,16,21)/t9-,10+/m1/s1. The number of amides is 1. The highest BCUT2D eigenvalue weighted by atomic mass is 16.5. The number of nitrogens with zero attached hydrogens (tertiary/aromatic N) is 3. The topological polar surface area (TPSA) is 112 Å². The molecule has 1 aromatic heterocycles. The highest BCUT2D eigenvalue weighted by Crippen LogP contribution is 2.26. The van der Waals surface area contributed by atoms with Gasteiger partial charge in [-0.15, -0.1) is 5.10 Å². The Morgan fingerprint density at radius 1 is 1.38 bits per heavy atom. The lowest BCUT2D eigenvalue weighted by Crippen LogP contribution is -2.44. The lowest BCUT2D eigenvalue weighted by Gasteiger charge is -2.25. The third kappa shape index (κ3) is 4.53. The van der Waals surface area contributed by atoms with Crippen LogP contribution < -0.4 is 5.32 Å². The highest BCUT2D eigenvalue weighted by Gasteiger charge is 2.28. The molecular formula is C15H22N4O5. The van der Waals surface area contributed by atoms with Crippen LogP contribution in [0.25, 0.3) is 0 Å². The Labute approximate surface area is 139 Å². The second-order valence-electron chi connectivity index (χ2n) is 5.85. The van der Waals surface area contributed by atoms with Crippen LogP contribution in [0, 0.1) is 5.92 Å². The zero-order chi connectivity index (χ0) is 17.7. The van der Waals surface area contributed by atoms with Crippen molar-refractivity contribution in [1.29, 1.82) is 0 Å². The summed E-state index contributed by atoms with van der Waals surface area (Å²) in [6.07, 6.45) is 3.65. The van der Waals surface area contributed by atoms with Crippen LogP contribution in [0.1, 0.15) is 44.9 Å². The second kappa shape index (κ2) is 7.89. The van der Waals surface area contributed by atoms with Gasteiger partial charge >= 0.3 is 11.9 Å². The number of methoxy groups -OCH3 is 1. The summed E-state index contributed by atoms with van der Waals surface area (Å²) in [5.74, 6) is -1.10. The van der Waals surface area contributed by atoms with Gasteiger partial charge in [0, 0.05) is 5.92 Å². The Bertz CT molecular complexity index is 611. The molecule has 0 bridgehead atoms. The van der Waals surface area contributed by atoms with Crippen molar-refractivity contribution in [3.8, 4) is 0 Å². The quantitative estimate of drug-likeness (QED) is 0.714. The third-order valence-electron chi connectivity index (χ3n) is 3.97. The van der Waals surface area contributed by atoms with Crippen LogP contribution >= 0.6 is 0 Å². The average molecular weight is 338 g/mol. The lowest BCUT2D eigenvalue weighted by molar-refractivity contribution is -0.152. The zero-order valence-corrected chi connectivity index (χ0v) is 14.0. The molecular weight excluding hydrogens is 316 g/mol. The summed E-state index contributed by atoms with van der Waals surface area (Å²) in [4.78, 5) is 35.1. The molecule has 9 heteroatoms. The van der Waals surface area contributed by atoms with Gasteiger partial charge in [0.1, 0.15) is 24.4 Å². The van der Waals surface area contributed by atoms with E-state index >= 15 is 0 Å². The molecule has 24 heavy (non-hydrogen) atoms. The van der Waals surface area contributed by atoms with Crippen LogP contribution in [0.2, 0.25) is 0 Å². The number of hydrogen-bond donors (Lipinski definition) is 1. The fourth-order valence-corrected chi connectivity index (χ4v) is 2.17. The summed E-state index contributed by atoms with van der Waals surface area (Å²) in [6.45, 7) is 3.16. The zero-order valence-electron chi connectivity index (χ0n) is 14.0. The van der Waals surface area contributed by atoms with Crippen LogP contribution in [-0.2, 0) is 30.4 Å². The fraction of sp³-hybridized carbons (Fsp3) is 0.667. The molecule has 9 nitrogen and oxygen atoms in total. The summed E-state index contributed by atoms with van der Waals surface area (Å²) in [5, 5.41) is 10.3. The first-order valence-electron chi connectivity index (χ1n) is 7.88. The Balaban J connectivity index is 1.84. The summed E-state index contributed by atoms with van der Waals surface area (Å²) < 4.78 is 11.1. The maximum absolute atomic E-state index is 12.1. The second-order valence-corrected chi connectivity index (χ2v) is 5.85. The van der Waals surface area contributed by atoms with E-state index < -0.39 is 24.1 Å². The highest BCUT2D eigenvalue weighted by molar-refractivity contribution is 5.85. The molecule has 0 spiro atoms. The number of hydrogen-bond acceptors (Lipinski definition) is 7. The molecule has 0 aromatic carbocycles. The van der Waals surface area contributed by atoms with Crippen LogP contribution in [0.5, 0.6) is 0 Å². The molecule has 0 radical (unpaired) electrons. The summed E-state index contributed by atoms with van der Waals surface area (Å²) in [6, 6.07) is -0.731. The van der Waals surface area contributed by atoms with Crippen LogP contribution in [0.4, 0.5) is 0 Å². The predicted molar refractivity (Wildman–Crippen MR) is 81.5 cm³/mol. The maximum Gasteiger partial charge on any atom is 0.329 e. The first-order chi connectivity index (χ1) is 11.4. The molecule has 1 N–H and O–H groups in total. The van der Waals surface area contributed by atoms with Crippen LogP contribution in [-0.4, -0.2) is 46.0 Å². The molecule has 2 atom stereocenters. The fourth-order valence-electron chi connectivity index (χ4n) is 2.17. The van der Waals surface area contributed by atoms with Crippen LogP contribution in [0.3, 0.4) is 0 Å². The van der Waals surface area contributed by atoms with Crippen molar-refractivity contribution in [3.63, 3.8) is 0 Å². The van der Waals surface area contributed by atoms with E-state index in [0.29, 0.717) is 5.69 Å². The van der Waals surface area contributed by atoms with Gasteiger partial charge in [-0.3, -0.25) is 9.59 Å². The number of ether oxygens (including phenoxy) is 2. The largest absolute Gasteiger partial charge is 0.468 e.